The van der Waals surface area contributed by atoms with Gasteiger partial charge in [0.05, 0.1) is 12.4 Å². The molecule has 2 aliphatic heterocycles. The van der Waals surface area contributed by atoms with Gasteiger partial charge in [-0.05, 0) is 33.6 Å². The fourth-order valence-corrected chi connectivity index (χ4v) is 5.05. The van der Waals surface area contributed by atoms with Gasteiger partial charge in [-0.25, -0.2) is 8.42 Å². The molecule has 16 heavy (non-hydrogen) atoms. The average molecular weight is 247 g/mol. The molecular weight excluding hydrogens is 226 g/mol. The van der Waals surface area contributed by atoms with E-state index in [1.165, 1.54) is 0 Å². The minimum atomic E-state index is -3.00. The van der Waals surface area contributed by atoms with Crippen molar-refractivity contribution in [1.82, 2.24) is 5.32 Å². The van der Waals surface area contributed by atoms with Crippen LogP contribution in [-0.2, 0) is 14.6 Å². The van der Waals surface area contributed by atoms with E-state index in [0.717, 1.165) is 12.8 Å². The van der Waals surface area contributed by atoms with Crippen LogP contribution in [0.5, 0.6) is 0 Å². The second-order valence-electron chi connectivity index (χ2n) is 5.76. The molecule has 2 saturated heterocycles. The molecule has 2 atom stereocenters. The highest BCUT2D eigenvalue weighted by Crippen LogP contribution is 2.34. The lowest BCUT2D eigenvalue weighted by atomic mass is 10.0. The van der Waals surface area contributed by atoms with Gasteiger partial charge in [0.15, 0.2) is 9.84 Å². The molecule has 0 aliphatic carbocycles. The maximum absolute atomic E-state index is 12.1. The molecule has 0 bridgehead atoms. The van der Waals surface area contributed by atoms with E-state index in [2.05, 4.69) is 5.32 Å². The summed E-state index contributed by atoms with van der Waals surface area (Å²) in [5.74, 6) is 0.304. The lowest BCUT2D eigenvalue weighted by Crippen LogP contribution is -2.57. The molecule has 0 radical (unpaired) electrons. The highest BCUT2D eigenvalue weighted by Gasteiger charge is 2.51. The van der Waals surface area contributed by atoms with E-state index in [4.69, 9.17) is 4.74 Å². The molecular formula is C11H21NO3S. The van der Waals surface area contributed by atoms with Gasteiger partial charge in [0, 0.05) is 5.54 Å². The van der Waals surface area contributed by atoms with Crippen LogP contribution in [0.15, 0.2) is 0 Å². The molecule has 1 N–H and O–H groups in total. The molecule has 0 aromatic heterocycles. The summed E-state index contributed by atoms with van der Waals surface area (Å²) in [6.07, 6.45) is 2.48. The van der Waals surface area contributed by atoms with Crippen LogP contribution in [0.4, 0.5) is 0 Å². The van der Waals surface area contributed by atoms with E-state index < -0.39 is 20.8 Å². The summed E-state index contributed by atoms with van der Waals surface area (Å²) in [6, 6.07) is 0. The largest absolute Gasteiger partial charge is 0.358 e. The van der Waals surface area contributed by atoms with Crippen LogP contribution in [0.2, 0.25) is 0 Å². The van der Waals surface area contributed by atoms with Crippen molar-refractivity contribution >= 4 is 9.84 Å². The fourth-order valence-electron chi connectivity index (χ4n) is 2.82. The Hall–Kier alpha value is -0.130. The van der Waals surface area contributed by atoms with E-state index >= 15 is 0 Å². The molecule has 0 amide bonds. The summed E-state index contributed by atoms with van der Waals surface area (Å²) in [6.45, 7) is 6.51. The predicted molar refractivity (Wildman–Crippen MR) is 63.0 cm³/mol. The molecule has 5 heteroatoms. The highest BCUT2D eigenvalue weighted by molar-refractivity contribution is 7.92. The first kappa shape index (κ1) is 12.3. The SMILES string of the molecule is CC1(C)COC(C)(C2CCCCS2(=O)=O)N1. The number of nitrogens with one attached hydrogen (secondary N) is 1. The van der Waals surface area contributed by atoms with Crippen LogP contribution in [0.25, 0.3) is 0 Å². The van der Waals surface area contributed by atoms with Gasteiger partial charge in [-0.1, -0.05) is 6.42 Å². The third-order valence-corrected chi connectivity index (χ3v) is 5.92. The standard InChI is InChI=1S/C11H21NO3S/c1-10(2)8-15-11(3,12-10)9-6-4-5-7-16(9,13)14/h9,12H,4-8H2,1-3H3. The van der Waals surface area contributed by atoms with Crippen molar-refractivity contribution in [3.8, 4) is 0 Å². The van der Waals surface area contributed by atoms with E-state index in [0.29, 0.717) is 18.8 Å². The Morgan fingerprint density at radius 2 is 1.94 bits per heavy atom. The van der Waals surface area contributed by atoms with Crippen molar-refractivity contribution in [3.05, 3.63) is 0 Å². The van der Waals surface area contributed by atoms with Gasteiger partial charge in [0.2, 0.25) is 0 Å². The monoisotopic (exact) mass is 247 g/mol. The minimum absolute atomic E-state index is 0.137. The van der Waals surface area contributed by atoms with Crippen LogP contribution >= 0.6 is 0 Å². The molecule has 0 saturated carbocycles. The van der Waals surface area contributed by atoms with E-state index in [1.54, 1.807) is 0 Å². The zero-order chi connectivity index (χ0) is 12.0. The number of hydrogen-bond acceptors (Lipinski definition) is 4. The van der Waals surface area contributed by atoms with Crippen LogP contribution in [0.1, 0.15) is 40.0 Å². The van der Waals surface area contributed by atoms with Crippen LogP contribution < -0.4 is 5.32 Å². The van der Waals surface area contributed by atoms with E-state index in [-0.39, 0.29) is 5.54 Å². The zero-order valence-electron chi connectivity index (χ0n) is 10.2. The second-order valence-corrected chi connectivity index (χ2v) is 8.06. The summed E-state index contributed by atoms with van der Waals surface area (Å²) in [7, 11) is -3.00. The second kappa shape index (κ2) is 3.68. The third-order valence-electron chi connectivity index (χ3n) is 3.51. The molecule has 4 nitrogen and oxygen atoms in total. The normalized spacial score (nSPS) is 42.1. The summed E-state index contributed by atoms with van der Waals surface area (Å²) in [5.41, 5.74) is -0.843. The molecule has 2 heterocycles. The van der Waals surface area contributed by atoms with Crippen molar-refractivity contribution < 1.29 is 13.2 Å². The molecule has 2 fully saturated rings. The smallest absolute Gasteiger partial charge is 0.157 e. The Morgan fingerprint density at radius 3 is 2.44 bits per heavy atom. The summed E-state index contributed by atoms with van der Waals surface area (Å²) in [4.78, 5) is 0. The number of sulfone groups is 1. The van der Waals surface area contributed by atoms with Gasteiger partial charge in [-0.2, -0.15) is 0 Å². The van der Waals surface area contributed by atoms with Crippen molar-refractivity contribution in [2.45, 2.75) is 56.5 Å². The van der Waals surface area contributed by atoms with Crippen LogP contribution in [0, 0.1) is 0 Å². The third kappa shape index (κ3) is 2.13. The average Bonchev–Trinajstić information content (AvgIpc) is 2.40. The first-order valence-electron chi connectivity index (χ1n) is 5.90. The van der Waals surface area contributed by atoms with E-state index in [9.17, 15) is 8.42 Å². The Balaban J connectivity index is 2.24. The van der Waals surface area contributed by atoms with E-state index in [1.807, 2.05) is 20.8 Å². The number of ether oxygens (including phenoxy) is 1. The molecule has 2 aliphatic rings. The highest BCUT2D eigenvalue weighted by atomic mass is 32.2. The van der Waals surface area contributed by atoms with Gasteiger partial charge in [0.25, 0.3) is 0 Å². The van der Waals surface area contributed by atoms with Crippen LogP contribution in [0.3, 0.4) is 0 Å². The Morgan fingerprint density at radius 1 is 1.25 bits per heavy atom. The number of rotatable bonds is 1. The summed E-state index contributed by atoms with van der Waals surface area (Å²) in [5, 5.41) is 2.94. The Bertz CT molecular complexity index is 377. The van der Waals surface area contributed by atoms with Gasteiger partial charge in [-0.3, -0.25) is 5.32 Å². The minimum Gasteiger partial charge on any atom is -0.358 e. The fraction of sp³-hybridized carbons (Fsp3) is 1.00. The summed E-state index contributed by atoms with van der Waals surface area (Å²) >= 11 is 0. The molecule has 0 aromatic carbocycles. The van der Waals surface area contributed by atoms with Crippen LogP contribution in [-0.4, -0.2) is 37.3 Å². The first-order chi connectivity index (χ1) is 7.25. The maximum Gasteiger partial charge on any atom is 0.157 e. The topological polar surface area (TPSA) is 55.4 Å². The predicted octanol–water partition coefficient (Wildman–Crippen LogP) is 1.07. The van der Waals surface area contributed by atoms with Crippen molar-refractivity contribution in [3.63, 3.8) is 0 Å². The molecule has 94 valence electrons. The van der Waals surface area contributed by atoms with Gasteiger partial charge < -0.3 is 4.74 Å². The van der Waals surface area contributed by atoms with Crippen molar-refractivity contribution in [1.29, 1.82) is 0 Å². The Kier molecular flexibility index (Phi) is 2.84. The molecule has 2 unspecified atom stereocenters. The quantitative estimate of drug-likeness (QED) is 0.753. The summed E-state index contributed by atoms with van der Waals surface area (Å²) < 4.78 is 29.9. The molecule has 2 rings (SSSR count). The van der Waals surface area contributed by atoms with Gasteiger partial charge in [-0.15, -0.1) is 0 Å². The Labute approximate surface area is 97.7 Å². The molecule has 0 spiro atoms. The van der Waals surface area contributed by atoms with Crippen molar-refractivity contribution in [2.24, 2.45) is 0 Å². The first-order valence-corrected chi connectivity index (χ1v) is 7.62. The van der Waals surface area contributed by atoms with Gasteiger partial charge >= 0.3 is 0 Å². The lowest BCUT2D eigenvalue weighted by Gasteiger charge is -2.36. The van der Waals surface area contributed by atoms with Crippen molar-refractivity contribution in [2.75, 3.05) is 12.4 Å². The maximum atomic E-state index is 12.1. The number of hydrogen-bond donors (Lipinski definition) is 1. The molecule has 0 aromatic rings. The van der Waals surface area contributed by atoms with Gasteiger partial charge in [0.1, 0.15) is 11.0 Å². The zero-order valence-corrected chi connectivity index (χ0v) is 11.1. The lowest BCUT2D eigenvalue weighted by molar-refractivity contribution is -0.000319.